The molecule has 0 aliphatic carbocycles. The van der Waals surface area contributed by atoms with Gasteiger partial charge < -0.3 is 9.84 Å². The predicted molar refractivity (Wildman–Crippen MR) is 109 cm³/mol. The van der Waals surface area contributed by atoms with Crippen LogP contribution in [-0.2, 0) is 30.8 Å². The van der Waals surface area contributed by atoms with Crippen LogP contribution in [0.5, 0.6) is 0 Å². The molecule has 2 aromatic heterocycles. The molecule has 4 rings (SSSR count). The van der Waals surface area contributed by atoms with Crippen molar-refractivity contribution < 1.29 is 9.32 Å². The summed E-state index contributed by atoms with van der Waals surface area (Å²) in [6.07, 6.45) is 2.23. The van der Waals surface area contributed by atoms with Crippen LogP contribution in [0.4, 0.5) is 0 Å². The lowest BCUT2D eigenvalue weighted by Crippen LogP contribution is -2.46. The fourth-order valence-electron chi connectivity index (χ4n) is 3.59. The van der Waals surface area contributed by atoms with Crippen molar-refractivity contribution in [2.45, 2.75) is 45.8 Å². The van der Waals surface area contributed by atoms with Gasteiger partial charge in [-0.05, 0) is 30.9 Å². The quantitative estimate of drug-likeness (QED) is 0.660. The minimum atomic E-state index is -0.596. The van der Waals surface area contributed by atoms with E-state index in [-0.39, 0.29) is 17.9 Å². The maximum absolute atomic E-state index is 13.2. The largest absolute Gasteiger partial charge is 0.350 e. The second-order valence-corrected chi connectivity index (χ2v) is 7.52. The molecule has 156 valence electrons. The first-order valence-corrected chi connectivity index (χ1v) is 10.0. The summed E-state index contributed by atoms with van der Waals surface area (Å²) >= 11 is 6.11. The number of nitrogens with one attached hydrogen (secondary N) is 1. The van der Waals surface area contributed by atoms with Crippen LogP contribution in [0.15, 0.2) is 38.4 Å². The SMILES string of the molecule is Cc1nc(-c2c3n(c(=O)n(CC(=O)NCc4ccccc4Cl)c2=O)CCCC3)no1. The van der Waals surface area contributed by atoms with Crippen molar-refractivity contribution >= 4 is 17.5 Å². The predicted octanol–water partition coefficient (Wildman–Crippen LogP) is 1.67. The normalized spacial score (nSPS) is 13.1. The minimum absolute atomic E-state index is 0.133. The van der Waals surface area contributed by atoms with Crippen molar-refractivity contribution in [2.24, 2.45) is 0 Å². The molecule has 1 aromatic carbocycles. The van der Waals surface area contributed by atoms with Gasteiger partial charge in [0.2, 0.25) is 17.6 Å². The van der Waals surface area contributed by atoms with Crippen molar-refractivity contribution in [2.75, 3.05) is 0 Å². The third-order valence-corrected chi connectivity index (χ3v) is 5.44. The van der Waals surface area contributed by atoms with Crippen LogP contribution in [0.1, 0.15) is 30.0 Å². The van der Waals surface area contributed by atoms with Crippen molar-refractivity contribution in [3.05, 3.63) is 67.3 Å². The Kier molecular flexibility index (Phi) is 5.54. The highest BCUT2D eigenvalue weighted by Gasteiger charge is 2.26. The molecule has 1 amide bonds. The van der Waals surface area contributed by atoms with Crippen molar-refractivity contribution in [3.63, 3.8) is 0 Å². The summed E-state index contributed by atoms with van der Waals surface area (Å²) in [5, 5.41) is 7.09. The molecule has 0 spiro atoms. The number of nitrogens with zero attached hydrogens (tertiary/aromatic N) is 4. The highest BCUT2D eigenvalue weighted by molar-refractivity contribution is 6.31. The van der Waals surface area contributed by atoms with Crippen molar-refractivity contribution in [1.29, 1.82) is 0 Å². The summed E-state index contributed by atoms with van der Waals surface area (Å²) in [5.41, 5.74) is 0.438. The lowest BCUT2D eigenvalue weighted by Gasteiger charge is -2.21. The van der Waals surface area contributed by atoms with Gasteiger partial charge in [-0.25, -0.2) is 4.79 Å². The zero-order valence-electron chi connectivity index (χ0n) is 16.4. The molecule has 0 atom stereocenters. The summed E-state index contributed by atoms with van der Waals surface area (Å²) in [7, 11) is 0. The molecule has 3 aromatic rings. The number of hydrogen-bond acceptors (Lipinski definition) is 6. The van der Waals surface area contributed by atoms with Gasteiger partial charge in [-0.3, -0.25) is 18.7 Å². The molecule has 30 heavy (non-hydrogen) atoms. The highest BCUT2D eigenvalue weighted by Crippen LogP contribution is 2.21. The number of halogens is 1. The molecule has 3 heterocycles. The monoisotopic (exact) mass is 429 g/mol. The molecule has 0 radical (unpaired) electrons. The number of benzene rings is 1. The second kappa shape index (κ2) is 8.27. The van der Waals surface area contributed by atoms with E-state index in [9.17, 15) is 14.4 Å². The number of aromatic nitrogens is 4. The summed E-state index contributed by atoms with van der Waals surface area (Å²) in [6.45, 7) is 1.88. The van der Waals surface area contributed by atoms with Gasteiger partial charge in [0.15, 0.2) is 0 Å². The van der Waals surface area contributed by atoms with Crippen LogP contribution in [-0.4, -0.2) is 25.2 Å². The van der Waals surface area contributed by atoms with Crippen molar-refractivity contribution in [3.8, 4) is 11.4 Å². The van der Waals surface area contributed by atoms with E-state index >= 15 is 0 Å². The molecule has 0 fully saturated rings. The second-order valence-electron chi connectivity index (χ2n) is 7.11. The Morgan fingerprint density at radius 2 is 2.07 bits per heavy atom. The fraction of sp³-hybridized carbons (Fsp3) is 0.350. The first-order chi connectivity index (χ1) is 14.5. The van der Waals surface area contributed by atoms with Gasteiger partial charge in [0, 0.05) is 30.7 Å². The van der Waals surface area contributed by atoms with Gasteiger partial charge in [0.1, 0.15) is 12.1 Å². The maximum Gasteiger partial charge on any atom is 0.331 e. The number of amides is 1. The highest BCUT2D eigenvalue weighted by atomic mass is 35.5. The first kappa shape index (κ1) is 20.1. The van der Waals surface area contributed by atoms with Crippen LogP contribution in [0, 0.1) is 6.92 Å². The van der Waals surface area contributed by atoms with E-state index in [2.05, 4.69) is 15.5 Å². The van der Waals surface area contributed by atoms with E-state index in [1.807, 2.05) is 6.07 Å². The lowest BCUT2D eigenvalue weighted by atomic mass is 10.0. The zero-order chi connectivity index (χ0) is 21.3. The number of carbonyl (C=O) groups excluding carboxylic acids is 1. The smallest absolute Gasteiger partial charge is 0.331 e. The molecular weight excluding hydrogens is 410 g/mol. The van der Waals surface area contributed by atoms with Crippen LogP contribution < -0.4 is 16.6 Å². The van der Waals surface area contributed by atoms with Gasteiger partial charge in [-0.1, -0.05) is 35.0 Å². The number of carbonyl (C=O) groups is 1. The van der Waals surface area contributed by atoms with Gasteiger partial charge in [-0.2, -0.15) is 4.98 Å². The number of rotatable bonds is 5. The maximum atomic E-state index is 13.2. The van der Waals surface area contributed by atoms with Gasteiger partial charge in [-0.15, -0.1) is 0 Å². The number of fused-ring (bicyclic) bond motifs is 1. The van der Waals surface area contributed by atoms with E-state index < -0.39 is 23.7 Å². The average molecular weight is 430 g/mol. The van der Waals surface area contributed by atoms with Crippen LogP contribution >= 0.6 is 11.6 Å². The van der Waals surface area contributed by atoms with Crippen molar-refractivity contribution in [1.82, 2.24) is 24.6 Å². The summed E-state index contributed by atoms with van der Waals surface area (Å²) < 4.78 is 7.49. The summed E-state index contributed by atoms with van der Waals surface area (Å²) in [4.78, 5) is 42.8. The first-order valence-electron chi connectivity index (χ1n) is 9.63. The molecular formula is C20H20ClN5O4. The fourth-order valence-corrected chi connectivity index (χ4v) is 3.80. The minimum Gasteiger partial charge on any atom is -0.350 e. The van der Waals surface area contributed by atoms with Crippen LogP contribution in [0.25, 0.3) is 11.4 Å². The third kappa shape index (κ3) is 3.80. The average Bonchev–Trinajstić information content (AvgIpc) is 3.16. The molecule has 0 unspecified atom stereocenters. The van der Waals surface area contributed by atoms with E-state index in [0.29, 0.717) is 29.6 Å². The van der Waals surface area contributed by atoms with Gasteiger partial charge in [0.05, 0.1) is 0 Å². The van der Waals surface area contributed by atoms with Gasteiger partial charge >= 0.3 is 5.69 Å². The van der Waals surface area contributed by atoms with E-state index in [0.717, 1.165) is 23.0 Å². The molecule has 0 bridgehead atoms. The molecule has 1 N–H and O–H groups in total. The van der Waals surface area contributed by atoms with E-state index in [1.54, 1.807) is 25.1 Å². The topological polar surface area (TPSA) is 112 Å². The molecule has 0 saturated heterocycles. The number of hydrogen-bond donors (Lipinski definition) is 1. The standard InChI is InChI=1S/C20H20ClN5O4/c1-12-23-18(24-30-12)17-15-8-4-5-9-25(15)20(29)26(19(17)28)11-16(27)22-10-13-6-2-3-7-14(13)21/h2-3,6-7H,4-5,8-11H2,1H3,(H,22,27). The Bertz CT molecular complexity index is 1230. The molecule has 1 aliphatic rings. The molecule has 0 saturated carbocycles. The third-order valence-electron chi connectivity index (χ3n) is 5.07. The Morgan fingerprint density at radius 3 is 2.80 bits per heavy atom. The van der Waals surface area contributed by atoms with Gasteiger partial charge in [0.25, 0.3) is 5.56 Å². The van der Waals surface area contributed by atoms with Crippen LogP contribution in [0.3, 0.4) is 0 Å². The Hall–Kier alpha value is -3.20. The molecule has 9 nitrogen and oxygen atoms in total. The Morgan fingerprint density at radius 1 is 1.27 bits per heavy atom. The number of aryl methyl sites for hydroxylation is 1. The summed E-state index contributed by atoms with van der Waals surface area (Å²) in [6, 6.07) is 7.12. The Labute approximate surface area is 176 Å². The molecule has 1 aliphatic heterocycles. The Balaban J connectivity index is 1.68. The molecule has 10 heteroatoms. The lowest BCUT2D eigenvalue weighted by molar-refractivity contribution is -0.121. The van der Waals surface area contributed by atoms with E-state index in [1.165, 1.54) is 4.57 Å². The zero-order valence-corrected chi connectivity index (χ0v) is 17.1. The van der Waals surface area contributed by atoms with E-state index in [4.69, 9.17) is 16.1 Å². The van der Waals surface area contributed by atoms with Crippen LogP contribution in [0.2, 0.25) is 5.02 Å². The summed E-state index contributed by atoms with van der Waals surface area (Å²) in [5.74, 6) is -0.0247.